The molecule has 0 unspecified atom stereocenters. The van der Waals surface area contributed by atoms with Crippen molar-refractivity contribution in [2.45, 2.75) is 56.6 Å². The Hall–Kier alpha value is -2.51. The summed E-state index contributed by atoms with van der Waals surface area (Å²) < 4.78 is 6.52. The smallest absolute Gasteiger partial charge is 0.123 e. The van der Waals surface area contributed by atoms with Gasteiger partial charge in [-0.25, -0.2) is 0 Å². The molecule has 1 fully saturated rings. The number of aryl methyl sites for hydroxylation is 2. The van der Waals surface area contributed by atoms with E-state index < -0.39 is 0 Å². The molecule has 1 spiro atoms. The van der Waals surface area contributed by atoms with Crippen LogP contribution in [0.1, 0.15) is 47.9 Å². The summed E-state index contributed by atoms with van der Waals surface area (Å²) in [5.74, 6) is 1.04. The highest BCUT2D eigenvalue weighted by atomic mass is 16.5. The summed E-state index contributed by atoms with van der Waals surface area (Å²) >= 11 is 0. The lowest BCUT2D eigenvalue weighted by atomic mass is 9.81. The van der Waals surface area contributed by atoms with Crippen molar-refractivity contribution in [1.82, 2.24) is 4.90 Å². The fourth-order valence-electron chi connectivity index (χ4n) is 5.31. The molecule has 5 rings (SSSR count). The SMILES string of the molecule is N#Cc1ccc2c(c1)CC[C@@H](N1CCC3(CCc4cc(N)ccc4O3)CC1)C2. The van der Waals surface area contributed by atoms with Gasteiger partial charge in [-0.2, -0.15) is 5.26 Å². The largest absolute Gasteiger partial charge is 0.487 e. The van der Waals surface area contributed by atoms with E-state index in [1.807, 2.05) is 18.2 Å². The zero-order valence-electron chi connectivity index (χ0n) is 16.3. The van der Waals surface area contributed by atoms with Gasteiger partial charge in [0, 0.05) is 24.8 Å². The van der Waals surface area contributed by atoms with E-state index >= 15 is 0 Å². The number of hydrogen-bond acceptors (Lipinski definition) is 4. The average Bonchev–Trinajstić information content (AvgIpc) is 2.74. The van der Waals surface area contributed by atoms with Gasteiger partial charge in [0.15, 0.2) is 0 Å². The molecular weight excluding hydrogens is 346 g/mol. The van der Waals surface area contributed by atoms with E-state index in [9.17, 15) is 0 Å². The minimum atomic E-state index is 0.00782. The number of anilines is 1. The summed E-state index contributed by atoms with van der Waals surface area (Å²) in [7, 11) is 0. The van der Waals surface area contributed by atoms with Crippen LogP contribution in [-0.4, -0.2) is 29.6 Å². The van der Waals surface area contributed by atoms with Crippen molar-refractivity contribution < 1.29 is 4.74 Å². The molecule has 2 aliphatic heterocycles. The number of piperidine rings is 1. The molecule has 0 aromatic heterocycles. The molecule has 0 radical (unpaired) electrons. The number of hydrogen-bond donors (Lipinski definition) is 1. The monoisotopic (exact) mass is 373 g/mol. The van der Waals surface area contributed by atoms with E-state index in [1.165, 1.54) is 23.1 Å². The molecule has 0 bridgehead atoms. The van der Waals surface area contributed by atoms with Gasteiger partial charge >= 0.3 is 0 Å². The summed E-state index contributed by atoms with van der Waals surface area (Å²) in [6, 6.07) is 15.2. The molecule has 0 amide bonds. The molecule has 4 nitrogen and oxygen atoms in total. The molecule has 4 heteroatoms. The van der Waals surface area contributed by atoms with Gasteiger partial charge in [0.1, 0.15) is 11.4 Å². The molecule has 2 heterocycles. The number of likely N-dealkylation sites (tertiary alicyclic amines) is 1. The fraction of sp³-hybridized carbons (Fsp3) is 0.458. The van der Waals surface area contributed by atoms with Crippen molar-refractivity contribution in [2.75, 3.05) is 18.8 Å². The van der Waals surface area contributed by atoms with Crippen LogP contribution >= 0.6 is 0 Å². The van der Waals surface area contributed by atoms with Crippen molar-refractivity contribution in [2.24, 2.45) is 0 Å². The van der Waals surface area contributed by atoms with Crippen LogP contribution < -0.4 is 10.5 Å². The second-order valence-electron chi connectivity index (χ2n) is 8.68. The standard InChI is InChI=1S/C24H27N3O/c25-16-17-1-2-19-15-22(5-3-18(19)13-17)27-11-9-24(10-12-27)8-7-20-14-21(26)4-6-23(20)28-24/h1-2,4,6,13-14,22H,3,5,7-12,15,26H2/t22-/m1/s1. The molecule has 2 aromatic carbocycles. The van der Waals surface area contributed by atoms with Crippen molar-refractivity contribution in [3.8, 4) is 11.8 Å². The van der Waals surface area contributed by atoms with E-state index in [0.29, 0.717) is 6.04 Å². The Kier molecular flexibility index (Phi) is 4.29. The summed E-state index contributed by atoms with van der Waals surface area (Å²) in [6.07, 6.45) is 7.76. The van der Waals surface area contributed by atoms with Crippen LogP contribution in [0.4, 0.5) is 5.69 Å². The summed E-state index contributed by atoms with van der Waals surface area (Å²) in [4.78, 5) is 2.67. The first-order valence-electron chi connectivity index (χ1n) is 10.5. The zero-order chi connectivity index (χ0) is 19.1. The fourth-order valence-corrected chi connectivity index (χ4v) is 5.31. The zero-order valence-corrected chi connectivity index (χ0v) is 16.3. The van der Waals surface area contributed by atoms with Crippen molar-refractivity contribution in [3.63, 3.8) is 0 Å². The van der Waals surface area contributed by atoms with Crippen LogP contribution in [0.15, 0.2) is 36.4 Å². The lowest BCUT2D eigenvalue weighted by Gasteiger charge is -2.47. The minimum Gasteiger partial charge on any atom is -0.487 e. The van der Waals surface area contributed by atoms with E-state index in [4.69, 9.17) is 15.7 Å². The lowest BCUT2D eigenvalue weighted by molar-refractivity contribution is -0.0259. The second kappa shape index (κ2) is 6.83. The maximum Gasteiger partial charge on any atom is 0.123 e. The van der Waals surface area contributed by atoms with E-state index in [0.717, 1.165) is 68.6 Å². The first-order chi connectivity index (χ1) is 13.6. The maximum atomic E-state index is 9.11. The van der Waals surface area contributed by atoms with Crippen molar-refractivity contribution in [1.29, 1.82) is 5.26 Å². The van der Waals surface area contributed by atoms with Crippen molar-refractivity contribution in [3.05, 3.63) is 58.7 Å². The van der Waals surface area contributed by atoms with Gasteiger partial charge in [-0.3, -0.25) is 4.90 Å². The topological polar surface area (TPSA) is 62.3 Å². The Morgan fingerprint density at radius 1 is 1.00 bits per heavy atom. The first-order valence-corrected chi connectivity index (χ1v) is 10.5. The van der Waals surface area contributed by atoms with Gasteiger partial charge in [0.2, 0.25) is 0 Å². The first kappa shape index (κ1) is 17.6. The highest BCUT2D eigenvalue weighted by Gasteiger charge is 2.41. The Morgan fingerprint density at radius 2 is 1.86 bits per heavy atom. The maximum absolute atomic E-state index is 9.11. The molecular formula is C24H27N3O. The van der Waals surface area contributed by atoms with E-state index in [2.05, 4.69) is 29.2 Å². The lowest BCUT2D eigenvalue weighted by Crippen LogP contribution is -2.53. The number of fused-ring (bicyclic) bond motifs is 2. The molecule has 1 aliphatic carbocycles. The molecule has 3 aliphatic rings. The Balaban J connectivity index is 1.24. The predicted molar refractivity (Wildman–Crippen MR) is 110 cm³/mol. The summed E-state index contributed by atoms with van der Waals surface area (Å²) in [6.45, 7) is 2.22. The van der Waals surface area contributed by atoms with E-state index in [-0.39, 0.29) is 5.60 Å². The number of nitrogens with two attached hydrogens (primary N) is 1. The molecule has 2 N–H and O–H groups in total. The summed E-state index contributed by atoms with van der Waals surface area (Å²) in [5, 5.41) is 9.11. The highest BCUT2D eigenvalue weighted by Crippen LogP contribution is 2.41. The molecule has 1 saturated heterocycles. The van der Waals surface area contributed by atoms with Gasteiger partial charge in [-0.15, -0.1) is 0 Å². The third-order valence-corrected chi connectivity index (χ3v) is 7.02. The highest BCUT2D eigenvalue weighted by molar-refractivity contribution is 5.49. The van der Waals surface area contributed by atoms with Gasteiger partial charge in [-0.05, 0) is 92.0 Å². The minimum absolute atomic E-state index is 0.00782. The predicted octanol–water partition coefficient (Wildman–Crippen LogP) is 3.86. The van der Waals surface area contributed by atoms with Gasteiger partial charge in [0.25, 0.3) is 0 Å². The molecule has 0 saturated carbocycles. The summed E-state index contributed by atoms with van der Waals surface area (Å²) in [5.41, 5.74) is 11.6. The molecule has 2 aromatic rings. The molecule has 1 atom stereocenters. The number of rotatable bonds is 1. The quantitative estimate of drug-likeness (QED) is 0.771. The Bertz CT molecular complexity index is 937. The number of ether oxygens (including phenoxy) is 1. The Labute approximate surface area is 166 Å². The number of nitriles is 1. The molecule has 144 valence electrons. The molecule has 28 heavy (non-hydrogen) atoms. The van der Waals surface area contributed by atoms with Crippen LogP contribution in [0, 0.1) is 11.3 Å². The van der Waals surface area contributed by atoms with Gasteiger partial charge < -0.3 is 10.5 Å². The third kappa shape index (κ3) is 3.14. The normalized spacial score (nSPS) is 23.3. The van der Waals surface area contributed by atoms with Gasteiger partial charge in [-0.1, -0.05) is 6.07 Å². The van der Waals surface area contributed by atoms with Crippen LogP contribution in [0.3, 0.4) is 0 Å². The third-order valence-electron chi connectivity index (χ3n) is 7.02. The van der Waals surface area contributed by atoms with E-state index in [1.54, 1.807) is 0 Å². The number of nitrogens with zero attached hydrogens (tertiary/aromatic N) is 2. The second-order valence-corrected chi connectivity index (χ2v) is 8.68. The average molecular weight is 374 g/mol. The van der Waals surface area contributed by atoms with Crippen LogP contribution in [0.5, 0.6) is 5.75 Å². The van der Waals surface area contributed by atoms with Crippen molar-refractivity contribution >= 4 is 5.69 Å². The number of nitrogen functional groups attached to an aromatic ring is 1. The van der Waals surface area contributed by atoms with Crippen LogP contribution in [0.2, 0.25) is 0 Å². The van der Waals surface area contributed by atoms with Crippen LogP contribution in [0.25, 0.3) is 0 Å². The number of benzene rings is 2. The Morgan fingerprint density at radius 3 is 2.68 bits per heavy atom. The van der Waals surface area contributed by atoms with Crippen LogP contribution in [-0.2, 0) is 19.3 Å². The van der Waals surface area contributed by atoms with Gasteiger partial charge in [0.05, 0.1) is 11.6 Å².